The third kappa shape index (κ3) is 13.2. The molecule has 3 nitrogen and oxygen atoms in total. The molecule has 0 aromatic heterocycles. The van der Waals surface area contributed by atoms with Gasteiger partial charge in [-0.25, -0.2) is 0 Å². The highest BCUT2D eigenvalue weighted by Gasteiger charge is 2.01. The smallest absolute Gasteiger partial charge is 0.131 e. The van der Waals surface area contributed by atoms with Crippen LogP contribution >= 0.6 is 0 Å². The molecule has 0 aliphatic heterocycles. The van der Waals surface area contributed by atoms with Crippen LogP contribution in [0.15, 0.2) is 72.3 Å². The lowest BCUT2D eigenvalue weighted by molar-refractivity contribution is 0.353. The van der Waals surface area contributed by atoms with Gasteiger partial charge in [-0.05, 0) is 55.3 Å². The summed E-state index contributed by atoms with van der Waals surface area (Å²) in [5, 5.41) is 0. The number of hydrogen-bond acceptors (Lipinski definition) is 3. The fraction of sp³-hybridized carbons (Fsp3) is 0.385. The Morgan fingerprint density at radius 2 is 1.45 bits per heavy atom. The van der Waals surface area contributed by atoms with Crippen molar-refractivity contribution in [2.75, 3.05) is 12.3 Å². The predicted octanol–water partition coefficient (Wildman–Crippen LogP) is 8.43. The Morgan fingerprint density at radius 3 is 2.00 bits per heavy atom. The minimum atomic E-state index is 0.540. The molecule has 0 radical (unpaired) electrons. The topological polar surface area (TPSA) is 44.5 Å². The standard InChI is InChI=1S/C20H23NO2.3C2H6/c1-3-5-7-16(4-2)15-22-19-8-6-9-20(14-19)23-18-12-10-17(21)11-13-18;3*1-2/h4-14H,3,15,21H2,1-2H3;3*1-2H3/b7-5-,16-4+;;;. The van der Waals surface area contributed by atoms with Crippen molar-refractivity contribution in [2.45, 2.75) is 61.8 Å². The van der Waals surface area contributed by atoms with Crippen molar-refractivity contribution in [3.05, 3.63) is 72.3 Å². The maximum absolute atomic E-state index is 5.83. The third-order valence-electron chi connectivity index (χ3n) is 3.27. The van der Waals surface area contributed by atoms with Gasteiger partial charge in [0.25, 0.3) is 0 Å². The van der Waals surface area contributed by atoms with Gasteiger partial charge in [0, 0.05) is 11.8 Å². The predicted molar refractivity (Wildman–Crippen MR) is 130 cm³/mol. The molecule has 2 N–H and O–H groups in total. The minimum absolute atomic E-state index is 0.540. The van der Waals surface area contributed by atoms with Crippen LogP contribution in [0, 0.1) is 0 Å². The summed E-state index contributed by atoms with van der Waals surface area (Å²) in [6, 6.07) is 14.9. The SMILES string of the molecule is C/C=C(\C=C/CC)COc1cccc(Oc2ccc(N)cc2)c1.CC.CC.CC. The van der Waals surface area contributed by atoms with Crippen LogP contribution in [0.4, 0.5) is 5.69 Å². The van der Waals surface area contributed by atoms with Crippen molar-refractivity contribution in [2.24, 2.45) is 0 Å². The number of rotatable bonds is 7. The number of hydrogen-bond donors (Lipinski definition) is 1. The van der Waals surface area contributed by atoms with E-state index in [-0.39, 0.29) is 0 Å². The van der Waals surface area contributed by atoms with E-state index in [9.17, 15) is 0 Å². The molecule has 2 rings (SSSR count). The maximum Gasteiger partial charge on any atom is 0.131 e. The van der Waals surface area contributed by atoms with Crippen LogP contribution in [0.1, 0.15) is 61.8 Å². The first kappa shape index (κ1) is 28.5. The molecule has 2 aromatic rings. The monoisotopic (exact) mass is 399 g/mol. The van der Waals surface area contributed by atoms with Crippen LogP contribution in [0.5, 0.6) is 17.2 Å². The van der Waals surface area contributed by atoms with Crippen LogP contribution in [0.3, 0.4) is 0 Å². The van der Waals surface area contributed by atoms with Crippen molar-refractivity contribution in [3.63, 3.8) is 0 Å². The quantitative estimate of drug-likeness (QED) is 0.375. The van der Waals surface area contributed by atoms with E-state index in [1.807, 2.05) is 97.0 Å². The number of nitrogen functional groups attached to an aromatic ring is 1. The average Bonchev–Trinajstić information content (AvgIpc) is 2.80. The molecule has 0 fully saturated rings. The Kier molecular flexibility index (Phi) is 19.7. The highest BCUT2D eigenvalue weighted by Crippen LogP contribution is 2.26. The first-order valence-electron chi connectivity index (χ1n) is 10.8. The van der Waals surface area contributed by atoms with E-state index in [0.29, 0.717) is 12.3 Å². The van der Waals surface area contributed by atoms with Gasteiger partial charge in [0.15, 0.2) is 0 Å². The highest BCUT2D eigenvalue weighted by molar-refractivity contribution is 5.43. The fourth-order valence-electron chi connectivity index (χ4n) is 1.96. The molecule has 0 unspecified atom stereocenters. The molecule has 0 saturated carbocycles. The number of anilines is 1. The van der Waals surface area contributed by atoms with Gasteiger partial charge in [-0.1, -0.05) is 72.8 Å². The summed E-state index contributed by atoms with van der Waals surface area (Å²) in [4.78, 5) is 0. The van der Waals surface area contributed by atoms with E-state index in [1.54, 1.807) is 0 Å². The van der Waals surface area contributed by atoms with E-state index in [2.05, 4.69) is 25.2 Å². The molecule has 3 heteroatoms. The average molecular weight is 400 g/mol. The Labute approximate surface area is 179 Å². The minimum Gasteiger partial charge on any atom is -0.489 e. The fourth-order valence-corrected chi connectivity index (χ4v) is 1.96. The molecule has 0 amide bonds. The summed E-state index contributed by atoms with van der Waals surface area (Å²) in [6.07, 6.45) is 7.29. The molecule has 0 spiro atoms. The van der Waals surface area contributed by atoms with Gasteiger partial charge >= 0.3 is 0 Å². The van der Waals surface area contributed by atoms with E-state index in [1.165, 1.54) is 0 Å². The van der Waals surface area contributed by atoms with Crippen LogP contribution in [0.25, 0.3) is 0 Å². The lowest BCUT2D eigenvalue weighted by Gasteiger charge is -2.10. The van der Waals surface area contributed by atoms with Crippen molar-refractivity contribution < 1.29 is 9.47 Å². The zero-order valence-corrected chi connectivity index (χ0v) is 19.7. The molecule has 0 aliphatic carbocycles. The second-order valence-corrected chi connectivity index (χ2v) is 5.11. The van der Waals surface area contributed by atoms with Crippen molar-refractivity contribution in [1.29, 1.82) is 0 Å². The van der Waals surface area contributed by atoms with E-state index >= 15 is 0 Å². The molecular weight excluding hydrogens is 358 g/mol. The summed E-state index contributed by atoms with van der Waals surface area (Å²) < 4.78 is 11.6. The van der Waals surface area contributed by atoms with E-state index in [4.69, 9.17) is 15.2 Å². The summed E-state index contributed by atoms with van der Waals surface area (Å²) in [5.74, 6) is 2.26. The summed E-state index contributed by atoms with van der Waals surface area (Å²) in [7, 11) is 0. The number of allylic oxidation sites excluding steroid dienone is 2. The van der Waals surface area contributed by atoms with Crippen LogP contribution in [-0.2, 0) is 0 Å². The number of nitrogens with two attached hydrogens (primary N) is 1. The second kappa shape index (κ2) is 20.1. The lowest BCUT2D eigenvalue weighted by atomic mass is 10.2. The molecule has 29 heavy (non-hydrogen) atoms. The van der Waals surface area contributed by atoms with Crippen LogP contribution in [-0.4, -0.2) is 6.61 Å². The van der Waals surface area contributed by atoms with Crippen LogP contribution in [0.2, 0.25) is 0 Å². The van der Waals surface area contributed by atoms with Gasteiger partial charge in [-0.3, -0.25) is 0 Å². The normalized spacial score (nSPS) is 9.86. The summed E-state index contributed by atoms with van der Waals surface area (Å²) >= 11 is 0. The van der Waals surface area contributed by atoms with Gasteiger partial charge in [-0.2, -0.15) is 0 Å². The van der Waals surface area contributed by atoms with Gasteiger partial charge in [0.2, 0.25) is 0 Å². The highest BCUT2D eigenvalue weighted by atomic mass is 16.5. The van der Waals surface area contributed by atoms with Crippen LogP contribution < -0.4 is 15.2 Å². The molecule has 162 valence electrons. The Bertz CT molecular complexity index is 673. The Hall–Kier alpha value is -2.68. The maximum atomic E-state index is 5.83. The molecule has 0 saturated heterocycles. The third-order valence-corrected chi connectivity index (χ3v) is 3.27. The zero-order chi connectivity index (χ0) is 22.5. The number of ether oxygens (including phenoxy) is 2. The second-order valence-electron chi connectivity index (χ2n) is 5.11. The molecule has 0 bridgehead atoms. The van der Waals surface area contributed by atoms with Gasteiger partial charge < -0.3 is 15.2 Å². The van der Waals surface area contributed by atoms with Gasteiger partial charge in [0.05, 0.1) is 0 Å². The Balaban J connectivity index is 0. The largest absolute Gasteiger partial charge is 0.489 e. The van der Waals surface area contributed by atoms with E-state index in [0.717, 1.165) is 29.2 Å². The Morgan fingerprint density at radius 1 is 0.862 bits per heavy atom. The van der Waals surface area contributed by atoms with Crippen molar-refractivity contribution in [3.8, 4) is 17.2 Å². The summed E-state index contributed by atoms with van der Waals surface area (Å²) in [5.41, 5.74) is 7.54. The van der Waals surface area contributed by atoms with E-state index < -0.39 is 0 Å². The molecule has 0 heterocycles. The molecular formula is C26H41NO2. The van der Waals surface area contributed by atoms with Crippen molar-refractivity contribution >= 4 is 5.69 Å². The van der Waals surface area contributed by atoms with Gasteiger partial charge in [0.1, 0.15) is 23.9 Å². The number of benzene rings is 2. The zero-order valence-electron chi connectivity index (χ0n) is 19.7. The first-order valence-corrected chi connectivity index (χ1v) is 10.8. The van der Waals surface area contributed by atoms with Gasteiger partial charge in [-0.15, -0.1) is 0 Å². The van der Waals surface area contributed by atoms with Crippen molar-refractivity contribution in [1.82, 2.24) is 0 Å². The lowest BCUT2D eigenvalue weighted by Crippen LogP contribution is -1.99. The summed E-state index contributed by atoms with van der Waals surface area (Å²) in [6.45, 7) is 16.7. The first-order chi connectivity index (χ1) is 14.2. The molecule has 2 aromatic carbocycles. The molecule has 0 aliphatic rings. The molecule has 0 atom stereocenters.